The van der Waals surface area contributed by atoms with Gasteiger partial charge < -0.3 is 23.7 Å². The highest BCUT2D eigenvalue weighted by molar-refractivity contribution is 6.09. The van der Waals surface area contributed by atoms with Crippen LogP contribution in [-0.4, -0.2) is 52.6 Å². The van der Waals surface area contributed by atoms with Crippen molar-refractivity contribution in [2.24, 2.45) is 0 Å². The molecule has 1 N–H and O–H groups in total. The van der Waals surface area contributed by atoms with Crippen LogP contribution in [0.25, 0.3) is 44.2 Å². The van der Waals surface area contributed by atoms with Gasteiger partial charge in [0.05, 0.1) is 29.8 Å². The summed E-state index contributed by atoms with van der Waals surface area (Å²) < 4.78 is 15.2. The van der Waals surface area contributed by atoms with Gasteiger partial charge in [0.15, 0.2) is 0 Å². The first-order chi connectivity index (χ1) is 17.1. The van der Waals surface area contributed by atoms with Crippen LogP contribution in [0.3, 0.4) is 0 Å². The molecular weight excluding hydrogens is 442 g/mol. The fourth-order valence-corrected chi connectivity index (χ4v) is 5.05. The molecular formula is C28H29N3O4. The predicted octanol–water partition coefficient (Wildman–Crippen LogP) is 5.36. The van der Waals surface area contributed by atoms with Crippen LogP contribution in [0.5, 0.6) is 0 Å². The molecule has 180 valence electrons. The molecule has 0 spiro atoms. The molecule has 7 heteroatoms. The van der Waals surface area contributed by atoms with Crippen LogP contribution in [0.2, 0.25) is 0 Å². The lowest BCUT2D eigenvalue weighted by Crippen LogP contribution is -2.07. The van der Waals surface area contributed by atoms with Crippen LogP contribution in [0.15, 0.2) is 54.6 Å². The van der Waals surface area contributed by atoms with Gasteiger partial charge in [0.2, 0.25) is 0 Å². The van der Waals surface area contributed by atoms with Crippen molar-refractivity contribution in [2.75, 3.05) is 27.4 Å². The normalized spacial score (nSPS) is 11.7. The molecule has 0 bridgehead atoms. The van der Waals surface area contributed by atoms with E-state index in [0.29, 0.717) is 31.7 Å². The summed E-state index contributed by atoms with van der Waals surface area (Å²) in [5.41, 5.74) is 6.02. The van der Waals surface area contributed by atoms with E-state index >= 15 is 0 Å². The van der Waals surface area contributed by atoms with Crippen molar-refractivity contribution in [2.45, 2.75) is 26.4 Å². The van der Waals surface area contributed by atoms with Crippen LogP contribution in [0.4, 0.5) is 0 Å². The van der Waals surface area contributed by atoms with Crippen molar-refractivity contribution in [3.63, 3.8) is 0 Å². The Balaban J connectivity index is 1.76. The number of para-hydroxylation sites is 1. The Morgan fingerprint density at radius 2 is 1.57 bits per heavy atom. The number of methoxy groups -OCH3 is 2. The van der Waals surface area contributed by atoms with Crippen molar-refractivity contribution < 1.29 is 19.4 Å². The van der Waals surface area contributed by atoms with Gasteiger partial charge in [-0.05, 0) is 48.4 Å². The van der Waals surface area contributed by atoms with Crippen molar-refractivity contribution in [1.82, 2.24) is 14.1 Å². The summed E-state index contributed by atoms with van der Waals surface area (Å²) in [5.74, 6) is -0.119. The van der Waals surface area contributed by atoms with Gasteiger partial charge in [0, 0.05) is 54.7 Å². The number of carboxylic acids is 1. The fraction of sp³-hybridized carbons (Fsp3) is 0.286. The average molecular weight is 472 g/mol. The number of benzene rings is 3. The number of aromatic carboxylic acids is 1. The molecule has 0 saturated carbocycles. The zero-order valence-corrected chi connectivity index (χ0v) is 20.2. The van der Waals surface area contributed by atoms with E-state index in [1.807, 2.05) is 13.0 Å². The summed E-state index contributed by atoms with van der Waals surface area (Å²) in [6, 6.07) is 18.4. The van der Waals surface area contributed by atoms with Gasteiger partial charge in [-0.2, -0.15) is 0 Å². The van der Waals surface area contributed by atoms with Gasteiger partial charge in [0.1, 0.15) is 5.82 Å². The third-order valence-electron chi connectivity index (χ3n) is 6.68. The summed E-state index contributed by atoms with van der Waals surface area (Å²) in [6.07, 6.45) is 0.589. The zero-order chi connectivity index (χ0) is 24.5. The smallest absolute Gasteiger partial charge is 0.336 e. The lowest BCUT2D eigenvalue weighted by Gasteiger charge is -2.10. The number of nitrogens with zero attached hydrogens (tertiary/aromatic N) is 3. The molecule has 0 aliphatic rings. The number of hydrogen-bond donors (Lipinski definition) is 1. The fourth-order valence-electron chi connectivity index (χ4n) is 5.05. The number of rotatable bonds is 9. The molecule has 3 aromatic carbocycles. The molecule has 0 fully saturated rings. The SMILES string of the molecule is CCc1c(C(=O)O)ccc2c1nc(-c1ccc3c(c1)c1ccccc1n3CCOC)n2CCOC. The van der Waals surface area contributed by atoms with E-state index in [9.17, 15) is 9.90 Å². The van der Waals surface area contributed by atoms with Crippen molar-refractivity contribution in [1.29, 1.82) is 0 Å². The first kappa shape index (κ1) is 23.1. The Hall–Kier alpha value is -3.68. The summed E-state index contributed by atoms with van der Waals surface area (Å²) in [4.78, 5) is 16.9. The minimum atomic E-state index is -0.929. The number of aryl methyl sites for hydroxylation is 1. The van der Waals surface area contributed by atoms with E-state index in [1.54, 1.807) is 20.3 Å². The third-order valence-corrected chi connectivity index (χ3v) is 6.68. The first-order valence-corrected chi connectivity index (χ1v) is 11.8. The summed E-state index contributed by atoms with van der Waals surface area (Å²) >= 11 is 0. The minimum Gasteiger partial charge on any atom is -0.478 e. The molecule has 5 aromatic rings. The molecule has 5 rings (SSSR count). The quantitative estimate of drug-likeness (QED) is 0.313. The van der Waals surface area contributed by atoms with E-state index in [1.165, 1.54) is 10.9 Å². The highest BCUT2D eigenvalue weighted by Crippen LogP contribution is 2.34. The topological polar surface area (TPSA) is 78.5 Å². The number of imidazole rings is 1. The Kier molecular flexibility index (Phi) is 6.28. The maximum absolute atomic E-state index is 11.8. The lowest BCUT2D eigenvalue weighted by molar-refractivity contribution is 0.0696. The van der Waals surface area contributed by atoms with Gasteiger partial charge in [0.25, 0.3) is 0 Å². The van der Waals surface area contributed by atoms with Crippen molar-refractivity contribution in [3.8, 4) is 11.4 Å². The van der Waals surface area contributed by atoms with Crippen LogP contribution in [0, 0.1) is 0 Å². The summed E-state index contributed by atoms with van der Waals surface area (Å²) in [5, 5.41) is 12.0. The zero-order valence-electron chi connectivity index (χ0n) is 20.2. The number of carbonyl (C=O) groups is 1. The standard InChI is InChI=1S/C28H29N3O4/c1-4-19-21(28(32)33)10-12-25-26(19)29-27(31(25)14-16-35-3)18-9-11-24-22(17-18)20-7-5-6-8-23(20)30(24)13-15-34-2/h5-12,17H,4,13-16H2,1-3H3,(H,32,33). The van der Waals surface area contributed by atoms with E-state index in [2.05, 4.69) is 51.6 Å². The molecule has 2 aromatic heterocycles. The molecule has 0 unspecified atom stereocenters. The summed E-state index contributed by atoms with van der Waals surface area (Å²) in [7, 11) is 3.40. The van der Waals surface area contributed by atoms with Crippen LogP contribution in [-0.2, 0) is 29.0 Å². The highest BCUT2D eigenvalue weighted by atomic mass is 16.5. The van der Waals surface area contributed by atoms with Crippen LogP contribution in [0.1, 0.15) is 22.8 Å². The molecule has 7 nitrogen and oxygen atoms in total. The van der Waals surface area contributed by atoms with Gasteiger partial charge >= 0.3 is 5.97 Å². The van der Waals surface area contributed by atoms with Crippen LogP contribution < -0.4 is 0 Å². The molecule has 35 heavy (non-hydrogen) atoms. The number of hydrogen-bond acceptors (Lipinski definition) is 4. The second-order valence-electron chi connectivity index (χ2n) is 8.59. The highest BCUT2D eigenvalue weighted by Gasteiger charge is 2.20. The second-order valence-corrected chi connectivity index (χ2v) is 8.59. The second kappa shape index (κ2) is 9.52. The number of ether oxygens (including phenoxy) is 2. The Morgan fingerprint density at radius 3 is 2.29 bits per heavy atom. The minimum absolute atomic E-state index is 0.305. The Labute approximate surface area is 203 Å². The average Bonchev–Trinajstić information content (AvgIpc) is 3.40. The van der Waals surface area contributed by atoms with E-state index in [-0.39, 0.29) is 0 Å². The predicted molar refractivity (Wildman–Crippen MR) is 138 cm³/mol. The maximum Gasteiger partial charge on any atom is 0.336 e. The maximum atomic E-state index is 11.8. The third kappa shape index (κ3) is 3.87. The van der Waals surface area contributed by atoms with Gasteiger partial charge in [-0.3, -0.25) is 0 Å². The van der Waals surface area contributed by atoms with E-state index in [4.69, 9.17) is 14.5 Å². The first-order valence-electron chi connectivity index (χ1n) is 11.8. The number of carboxylic acid groups (broad SMARTS) is 1. The molecule has 0 amide bonds. The molecule has 0 radical (unpaired) electrons. The molecule has 0 aliphatic heterocycles. The molecule has 0 aliphatic carbocycles. The van der Waals surface area contributed by atoms with E-state index < -0.39 is 5.97 Å². The molecule has 0 saturated heterocycles. The van der Waals surface area contributed by atoms with Crippen molar-refractivity contribution in [3.05, 3.63) is 65.7 Å². The lowest BCUT2D eigenvalue weighted by atomic mass is 10.0. The van der Waals surface area contributed by atoms with Gasteiger partial charge in [-0.15, -0.1) is 0 Å². The Morgan fingerprint density at radius 1 is 0.886 bits per heavy atom. The van der Waals surface area contributed by atoms with E-state index in [0.717, 1.165) is 45.4 Å². The molecule has 0 atom stereocenters. The van der Waals surface area contributed by atoms with Gasteiger partial charge in [-0.1, -0.05) is 25.1 Å². The van der Waals surface area contributed by atoms with Crippen molar-refractivity contribution >= 4 is 38.8 Å². The largest absolute Gasteiger partial charge is 0.478 e. The monoisotopic (exact) mass is 471 g/mol. The van der Waals surface area contributed by atoms with Crippen LogP contribution >= 0.6 is 0 Å². The van der Waals surface area contributed by atoms with Gasteiger partial charge in [-0.25, -0.2) is 9.78 Å². The number of aromatic nitrogens is 3. The molecule has 2 heterocycles. The Bertz CT molecular complexity index is 1550. The summed E-state index contributed by atoms with van der Waals surface area (Å²) in [6.45, 7) is 4.51. The number of fused-ring (bicyclic) bond motifs is 4.